The quantitative estimate of drug-likeness (QED) is 0.423. The maximum absolute atomic E-state index is 10.3. The summed E-state index contributed by atoms with van der Waals surface area (Å²) in [5.74, 6) is 0. The predicted molar refractivity (Wildman–Crippen MR) is 48.5 cm³/mol. The number of likely N-dealkylation sites (N-methyl/N-ethyl adjacent to an activating group) is 1. The first-order chi connectivity index (χ1) is 5.72. The summed E-state index contributed by atoms with van der Waals surface area (Å²) in [4.78, 5) is 3.34. The van der Waals surface area contributed by atoms with E-state index in [1.165, 1.54) is 6.20 Å². The molecule has 2 unspecified atom stereocenters. The monoisotopic (exact) mass is 190 g/mol. The van der Waals surface area contributed by atoms with Gasteiger partial charge in [-0.3, -0.25) is 9.20 Å². The van der Waals surface area contributed by atoms with Crippen LogP contribution in [-0.2, 0) is 11.1 Å². The molecule has 0 fully saturated rings. The lowest BCUT2D eigenvalue weighted by Crippen LogP contribution is -2.26. The second kappa shape index (κ2) is 6.96. The number of hydrogen-bond donors (Lipinski definition) is 2. The average Bonchev–Trinajstić information content (AvgIpc) is 2.04. The largest absolute Gasteiger partial charge is 0.769 e. The predicted octanol–water partition coefficient (Wildman–Crippen LogP) is -0.828. The SMILES string of the molecule is C=NC(N/C=C/CNC)S(=O)[O-]. The van der Waals surface area contributed by atoms with Crippen LogP contribution in [0.25, 0.3) is 0 Å². The Morgan fingerprint density at radius 1 is 1.83 bits per heavy atom. The van der Waals surface area contributed by atoms with Gasteiger partial charge in [-0.1, -0.05) is 6.08 Å². The van der Waals surface area contributed by atoms with Crippen molar-refractivity contribution in [2.24, 2.45) is 4.99 Å². The number of nitrogens with one attached hydrogen (secondary N) is 2. The van der Waals surface area contributed by atoms with Crippen molar-refractivity contribution < 1.29 is 8.76 Å². The van der Waals surface area contributed by atoms with Gasteiger partial charge >= 0.3 is 0 Å². The van der Waals surface area contributed by atoms with Crippen LogP contribution in [0.4, 0.5) is 0 Å². The van der Waals surface area contributed by atoms with E-state index in [1.807, 2.05) is 0 Å². The standard InChI is InChI=1S/C6H13N3O2S/c1-7-4-3-5-9-6(8-2)12(10)11/h3,5-7,9H,2,4H2,1H3,(H,10,11)/p-1/b5-3+. The smallest absolute Gasteiger partial charge is 0.181 e. The Labute approximate surface area is 74.2 Å². The molecule has 0 spiro atoms. The highest BCUT2D eigenvalue weighted by molar-refractivity contribution is 7.79. The van der Waals surface area contributed by atoms with E-state index in [1.54, 1.807) is 13.1 Å². The summed E-state index contributed by atoms with van der Waals surface area (Å²) in [6.45, 7) is 3.80. The molecule has 0 bridgehead atoms. The molecule has 0 aromatic rings. The van der Waals surface area contributed by atoms with E-state index in [0.29, 0.717) is 6.54 Å². The zero-order valence-corrected chi connectivity index (χ0v) is 7.63. The molecule has 2 atom stereocenters. The normalized spacial score (nSPS) is 15.8. The zero-order chi connectivity index (χ0) is 9.40. The van der Waals surface area contributed by atoms with Crippen LogP contribution < -0.4 is 10.6 Å². The molecule has 0 heterocycles. The Bertz CT molecular complexity index is 184. The fourth-order valence-corrected chi connectivity index (χ4v) is 0.808. The van der Waals surface area contributed by atoms with Gasteiger partial charge in [-0.2, -0.15) is 0 Å². The molecule has 12 heavy (non-hydrogen) atoms. The third kappa shape index (κ3) is 5.00. The van der Waals surface area contributed by atoms with Crippen molar-refractivity contribution in [3.8, 4) is 0 Å². The third-order valence-electron chi connectivity index (χ3n) is 1.03. The van der Waals surface area contributed by atoms with Gasteiger partial charge in [0.25, 0.3) is 0 Å². The number of aliphatic imine (C=N–C) groups is 1. The number of nitrogens with zero attached hydrogens (tertiary/aromatic N) is 1. The molecule has 0 amide bonds. The lowest BCUT2D eigenvalue weighted by molar-refractivity contribution is 0.516. The first kappa shape index (κ1) is 11.3. The maximum Gasteiger partial charge on any atom is 0.181 e. The first-order valence-electron chi connectivity index (χ1n) is 3.32. The summed E-state index contributed by atoms with van der Waals surface area (Å²) in [6.07, 6.45) is 3.26. The molecule has 0 aromatic heterocycles. The van der Waals surface area contributed by atoms with Crippen LogP contribution >= 0.6 is 0 Å². The molecular weight excluding hydrogens is 178 g/mol. The summed E-state index contributed by atoms with van der Waals surface area (Å²) >= 11 is -2.27. The minimum atomic E-state index is -2.27. The molecule has 5 nitrogen and oxygen atoms in total. The topological polar surface area (TPSA) is 76.5 Å². The Hall–Kier alpha value is -0.720. The summed E-state index contributed by atoms with van der Waals surface area (Å²) in [5, 5.41) is 5.40. The van der Waals surface area contributed by atoms with Crippen molar-refractivity contribution >= 4 is 17.8 Å². The average molecular weight is 190 g/mol. The lowest BCUT2D eigenvalue weighted by Gasteiger charge is -2.14. The molecule has 0 aliphatic carbocycles. The van der Waals surface area contributed by atoms with E-state index in [0.717, 1.165) is 0 Å². The first-order valence-corrected chi connectivity index (χ1v) is 4.45. The highest BCUT2D eigenvalue weighted by atomic mass is 32.2. The van der Waals surface area contributed by atoms with Gasteiger partial charge < -0.3 is 15.2 Å². The van der Waals surface area contributed by atoms with Crippen LogP contribution in [0.2, 0.25) is 0 Å². The highest BCUT2D eigenvalue weighted by Crippen LogP contribution is 1.88. The summed E-state index contributed by atoms with van der Waals surface area (Å²) in [6, 6.07) is 0. The second-order valence-electron chi connectivity index (χ2n) is 1.92. The molecule has 0 aliphatic rings. The minimum Gasteiger partial charge on any atom is -0.769 e. The summed E-state index contributed by atoms with van der Waals surface area (Å²) in [7, 11) is 1.79. The summed E-state index contributed by atoms with van der Waals surface area (Å²) < 4.78 is 20.7. The van der Waals surface area contributed by atoms with E-state index in [2.05, 4.69) is 22.3 Å². The molecule has 0 radical (unpaired) electrons. The van der Waals surface area contributed by atoms with Crippen molar-refractivity contribution in [3.63, 3.8) is 0 Å². The fourth-order valence-electron chi connectivity index (χ4n) is 0.496. The molecule has 70 valence electrons. The van der Waals surface area contributed by atoms with Crippen LogP contribution in [0.1, 0.15) is 0 Å². The molecule has 6 heteroatoms. The number of rotatable bonds is 6. The lowest BCUT2D eigenvalue weighted by atomic mass is 10.6. The van der Waals surface area contributed by atoms with Gasteiger partial charge in [0.15, 0.2) is 5.50 Å². The van der Waals surface area contributed by atoms with Gasteiger partial charge in [0, 0.05) is 6.54 Å². The van der Waals surface area contributed by atoms with Crippen molar-refractivity contribution in [2.45, 2.75) is 5.50 Å². The van der Waals surface area contributed by atoms with Crippen LogP contribution in [0.15, 0.2) is 17.3 Å². The zero-order valence-electron chi connectivity index (χ0n) is 6.82. The molecule has 0 aromatic carbocycles. The Kier molecular flexibility index (Phi) is 6.54. The van der Waals surface area contributed by atoms with Gasteiger partial charge in [0.05, 0.1) is 0 Å². The Balaban J connectivity index is 3.72. The van der Waals surface area contributed by atoms with E-state index in [9.17, 15) is 8.76 Å². The third-order valence-corrected chi connectivity index (χ3v) is 1.68. The van der Waals surface area contributed by atoms with Crippen molar-refractivity contribution in [3.05, 3.63) is 12.3 Å². The maximum atomic E-state index is 10.3. The molecule has 0 aliphatic heterocycles. The fraction of sp³-hybridized carbons (Fsp3) is 0.500. The van der Waals surface area contributed by atoms with Crippen molar-refractivity contribution in [1.82, 2.24) is 10.6 Å². The van der Waals surface area contributed by atoms with Gasteiger partial charge in [-0.15, -0.1) is 0 Å². The van der Waals surface area contributed by atoms with E-state index >= 15 is 0 Å². The minimum absolute atomic E-state index is 0.669. The van der Waals surface area contributed by atoms with Crippen LogP contribution in [0, 0.1) is 0 Å². The van der Waals surface area contributed by atoms with Crippen molar-refractivity contribution in [2.75, 3.05) is 13.6 Å². The molecule has 0 saturated heterocycles. The second-order valence-corrected chi connectivity index (χ2v) is 2.89. The number of hydrogen-bond acceptors (Lipinski definition) is 5. The highest BCUT2D eigenvalue weighted by Gasteiger charge is 1.98. The van der Waals surface area contributed by atoms with Crippen molar-refractivity contribution in [1.29, 1.82) is 0 Å². The molecular formula is C6H12N3O2S-. The van der Waals surface area contributed by atoms with Crippen LogP contribution in [0.3, 0.4) is 0 Å². The molecule has 2 N–H and O–H groups in total. The van der Waals surface area contributed by atoms with Gasteiger partial charge in [-0.25, -0.2) is 0 Å². The van der Waals surface area contributed by atoms with Gasteiger partial charge in [0.1, 0.15) is 0 Å². The Morgan fingerprint density at radius 3 is 2.92 bits per heavy atom. The van der Waals surface area contributed by atoms with Gasteiger partial charge in [-0.05, 0) is 31.0 Å². The molecule has 0 saturated carbocycles. The van der Waals surface area contributed by atoms with E-state index < -0.39 is 16.6 Å². The van der Waals surface area contributed by atoms with E-state index in [-0.39, 0.29) is 0 Å². The van der Waals surface area contributed by atoms with Crippen LogP contribution in [-0.4, -0.2) is 34.6 Å². The molecule has 0 rings (SSSR count). The van der Waals surface area contributed by atoms with Crippen LogP contribution in [0.5, 0.6) is 0 Å². The van der Waals surface area contributed by atoms with Gasteiger partial charge in [0.2, 0.25) is 0 Å². The Morgan fingerprint density at radius 2 is 2.50 bits per heavy atom. The van der Waals surface area contributed by atoms with E-state index in [4.69, 9.17) is 0 Å². The summed E-state index contributed by atoms with van der Waals surface area (Å²) in [5.41, 5.74) is -0.960.